The number of hydrogen-bond donors (Lipinski definition) is 0. The van der Waals surface area contributed by atoms with Crippen molar-refractivity contribution >= 4 is 32.4 Å². The molecule has 0 amide bonds. The Bertz CT molecular complexity index is 1780. The van der Waals surface area contributed by atoms with Crippen LogP contribution >= 0.6 is 0 Å². The first kappa shape index (κ1) is 24.9. The summed E-state index contributed by atoms with van der Waals surface area (Å²) in [6.07, 6.45) is 3.96. The predicted octanol–water partition coefficient (Wildman–Crippen LogP) is 8.93. The van der Waals surface area contributed by atoms with Crippen LogP contribution in [0.25, 0.3) is 43.7 Å². The molecule has 1 aromatic heterocycles. The number of rotatable bonds is 2. The highest BCUT2D eigenvalue weighted by atomic mass is 16.5. The summed E-state index contributed by atoms with van der Waals surface area (Å²) in [6, 6.07) is 15.8. The van der Waals surface area contributed by atoms with E-state index in [4.69, 9.17) is 9.72 Å². The molecule has 194 valence electrons. The lowest BCUT2D eigenvalue weighted by molar-refractivity contribution is -0.662. The summed E-state index contributed by atoms with van der Waals surface area (Å²) in [5.74, 6) is 1.92. The van der Waals surface area contributed by atoms with E-state index in [-0.39, 0.29) is 10.8 Å². The van der Waals surface area contributed by atoms with Crippen molar-refractivity contribution in [2.75, 3.05) is 0 Å². The van der Waals surface area contributed by atoms with E-state index in [0.717, 1.165) is 35.2 Å². The molecule has 38 heavy (non-hydrogen) atoms. The molecule has 6 rings (SSSR count). The topological polar surface area (TPSA) is 26.0 Å². The molecule has 3 heteroatoms. The Kier molecular flexibility index (Phi) is 5.41. The minimum absolute atomic E-state index is 0.111. The summed E-state index contributed by atoms with van der Waals surface area (Å²) in [4.78, 5) is 4.94. The highest BCUT2D eigenvalue weighted by molar-refractivity contribution is 6.15. The summed E-state index contributed by atoms with van der Waals surface area (Å²) in [7, 11) is 2.12. The Hall–Kier alpha value is -3.46. The standard InChI is InChI=1S/C35H39N2O/c1-20-11-10-12-24-25(20)16-28-30-31(24)36-19-37(9)32(30)29-21(2)26-15-22(17-34(3,4)5)13-14-23(26)27(33(29)38-28)18-35(6,7)8/h10-16,19H,17-18H2,1-9H3/q+1. The first-order valence-corrected chi connectivity index (χ1v) is 13.8. The lowest BCUT2D eigenvalue weighted by atomic mass is 9.80. The molecule has 0 unspecified atom stereocenters. The fourth-order valence-electron chi connectivity index (χ4n) is 6.34. The zero-order chi connectivity index (χ0) is 27.1. The van der Waals surface area contributed by atoms with Crippen molar-refractivity contribution in [1.29, 1.82) is 0 Å². The molecule has 4 aromatic carbocycles. The summed E-state index contributed by atoms with van der Waals surface area (Å²) in [6.45, 7) is 18.3. The summed E-state index contributed by atoms with van der Waals surface area (Å²) >= 11 is 0. The normalized spacial score (nSPS) is 13.3. The summed E-state index contributed by atoms with van der Waals surface area (Å²) in [5, 5.41) is 6.13. The molecule has 1 aliphatic rings. The molecule has 0 N–H and O–H groups in total. The highest BCUT2D eigenvalue weighted by Gasteiger charge is 2.34. The van der Waals surface area contributed by atoms with Crippen molar-refractivity contribution in [3.63, 3.8) is 0 Å². The third-order valence-electron chi connectivity index (χ3n) is 7.87. The average molecular weight is 504 g/mol. The Balaban J connectivity index is 1.76. The lowest BCUT2D eigenvalue weighted by Crippen LogP contribution is -2.33. The minimum Gasteiger partial charge on any atom is -0.455 e. The average Bonchev–Trinajstić information content (AvgIpc) is 2.82. The summed E-state index contributed by atoms with van der Waals surface area (Å²) in [5.41, 5.74) is 8.97. The molecule has 0 saturated carbocycles. The third kappa shape index (κ3) is 3.95. The molecule has 0 fully saturated rings. The van der Waals surface area contributed by atoms with Gasteiger partial charge in [-0.1, -0.05) is 71.9 Å². The van der Waals surface area contributed by atoms with Gasteiger partial charge in [-0.05, 0) is 87.5 Å². The molecule has 3 nitrogen and oxygen atoms in total. The van der Waals surface area contributed by atoms with Crippen LogP contribution in [0.3, 0.4) is 0 Å². The maximum atomic E-state index is 6.99. The number of nitrogens with zero attached hydrogens (tertiary/aromatic N) is 2. The van der Waals surface area contributed by atoms with Crippen molar-refractivity contribution in [2.24, 2.45) is 17.9 Å². The summed E-state index contributed by atoms with van der Waals surface area (Å²) < 4.78 is 9.18. The molecule has 0 aliphatic carbocycles. The van der Waals surface area contributed by atoms with E-state index in [1.54, 1.807) is 0 Å². The van der Waals surface area contributed by atoms with Gasteiger partial charge in [0.2, 0.25) is 0 Å². The molecule has 0 spiro atoms. The van der Waals surface area contributed by atoms with Gasteiger partial charge in [-0.15, -0.1) is 0 Å². The van der Waals surface area contributed by atoms with Gasteiger partial charge in [0.25, 0.3) is 6.33 Å². The second-order valence-corrected chi connectivity index (χ2v) is 13.7. The molecular formula is C35H39N2O+. The minimum atomic E-state index is 0.111. The van der Waals surface area contributed by atoms with Crippen LogP contribution in [0.5, 0.6) is 11.5 Å². The van der Waals surface area contributed by atoms with Gasteiger partial charge in [-0.25, -0.2) is 4.57 Å². The van der Waals surface area contributed by atoms with Gasteiger partial charge >= 0.3 is 0 Å². The smallest absolute Gasteiger partial charge is 0.287 e. The van der Waals surface area contributed by atoms with Crippen molar-refractivity contribution in [1.82, 2.24) is 4.98 Å². The SMILES string of the molecule is Cc1c2c(c(CC(C)(C)C)c3ccc(CC(C)(C)C)cc13)Oc1cc3c(C)cccc3c3nc[n+](C)c-2c13. The van der Waals surface area contributed by atoms with Gasteiger partial charge in [0.05, 0.1) is 12.6 Å². The molecule has 1 aliphatic heterocycles. The molecule has 0 saturated heterocycles. The number of ether oxygens (including phenoxy) is 1. The predicted molar refractivity (Wildman–Crippen MR) is 159 cm³/mol. The number of benzene rings is 4. The van der Waals surface area contributed by atoms with Crippen LogP contribution in [0.1, 0.15) is 63.8 Å². The van der Waals surface area contributed by atoms with Crippen molar-refractivity contribution in [3.05, 3.63) is 71.0 Å². The lowest BCUT2D eigenvalue weighted by Gasteiger charge is -2.29. The second kappa shape index (κ2) is 8.27. The molecule has 0 radical (unpaired) electrons. The molecule has 0 atom stereocenters. The van der Waals surface area contributed by atoms with E-state index in [1.165, 1.54) is 55.1 Å². The van der Waals surface area contributed by atoms with Crippen LogP contribution < -0.4 is 9.30 Å². The van der Waals surface area contributed by atoms with Crippen LogP contribution in [-0.2, 0) is 19.9 Å². The highest BCUT2D eigenvalue weighted by Crippen LogP contribution is 2.52. The van der Waals surface area contributed by atoms with E-state index < -0.39 is 0 Å². The zero-order valence-corrected chi connectivity index (χ0v) is 24.3. The quantitative estimate of drug-likeness (QED) is 0.174. The number of hydrogen-bond acceptors (Lipinski definition) is 2. The largest absolute Gasteiger partial charge is 0.455 e. The fraction of sp³-hybridized carbons (Fsp3) is 0.371. The van der Waals surface area contributed by atoms with Crippen molar-refractivity contribution < 1.29 is 9.30 Å². The number of fused-ring (bicyclic) bond motifs is 5. The number of aryl methyl sites for hydroxylation is 3. The zero-order valence-electron chi connectivity index (χ0n) is 24.3. The maximum absolute atomic E-state index is 6.99. The van der Waals surface area contributed by atoms with Crippen LogP contribution in [0.2, 0.25) is 0 Å². The van der Waals surface area contributed by atoms with Crippen LogP contribution in [0.4, 0.5) is 0 Å². The molecule has 2 heterocycles. The van der Waals surface area contributed by atoms with Crippen LogP contribution in [0.15, 0.2) is 48.8 Å². The Morgan fingerprint density at radius 2 is 1.55 bits per heavy atom. The van der Waals surface area contributed by atoms with E-state index >= 15 is 0 Å². The van der Waals surface area contributed by atoms with Gasteiger partial charge in [-0.2, -0.15) is 0 Å². The molecule has 5 aromatic rings. The van der Waals surface area contributed by atoms with Gasteiger partial charge < -0.3 is 4.74 Å². The van der Waals surface area contributed by atoms with Crippen LogP contribution in [0, 0.1) is 24.7 Å². The molecular weight excluding hydrogens is 464 g/mol. The molecule has 0 bridgehead atoms. The third-order valence-corrected chi connectivity index (χ3v) is 7.87. The van der Waals surface area contributed by atoms with Crippen molar-refractivity contribution in [3.8, 4) is 22.8 Å². The Labute approximate surface area is 226 Å². The van der Waals surface area contributed by atoms with E-state index in [2.05, 4.69) is 109 Å². The number of aromatic nitrogens is 2. The van der Waals surface area contributed by atoms with E-state index in [9.17, 15) is 0 Å². The Morgan fingerprint density at radius 3 is 2.26 bits per heavy atom. The van der Waals surface area contributed by atoms with Gasteiger partial charge in [0.15, 0.2) is 11.2 Å². The first-order valence-electron chi connectivity index (χ1n) is 13.8. The van der Waals surface area contributed by atoms with E-state index in [0.29, 0.717) is 0 Å². The fourth-order valence-corrected chi connectivity index (χ4v) is 6.34. The van der Waals surface area contributed by atoms with Gasteiger partial charge in [-0.3, -0.25) is 0 Å². The maximum Gasteiger partial charge on any atom is 0.287 e. The van der Waals surface area contributed by atoms with E-state index in [1.807, 2.05) is 6.33 Å². The Morgan fingerprint density at radius 1 is 0.816 bits per heavy atom. The first-order chi connectivity index (χ1) is 17.8. The van der Waals surface area contributed by atoms with Crippen molar-refractivity contribution in [2.45, 2.75) is 68.2 Å². The monoisotopic (exact) mass is 503 g/mol. The second-order valence-electron chi connectivity index (χ2n) is 13.7. The van der Waals surface area contributed by atoms with Crippen LogP contribution in [-0.4, -0.2) is 4.98 Å². The van der Waals surface area contributed by atoms with Gasteiger partial charge in [0.1, 0.15) is 16.9 Å². The van der Waals surface area contributed by atoms with Gasteiger partial charge in [0, 0.05) is 10.9 Å².